The third kappa shape index (κ3) is 2.38. The number of nitrogens with one attached hydrogen (secondary N) is 1. The molecule has 7 heteroatoms. The number of halogens is 1. The van der Waals surface area contributed by atoms with Gasteiger partial charge in [-0.05, 0) is 13.0 Å². The molecule has 0 saturated carbocycles. The molecule has 0 fully saturated rings. The number of nitrogens with zero attached hydrogens (tertiary/aromatic N) is 3. The summed E-state index contributed by atoms with van der Waals surface area (Å²) in [6.07, 6.45) is 2.33. The predicted molar refractivity (Wildman–Crippen MR) is 68.0 cm³/mol. The Labute approximate surface area is 108 Å². The maximum Gasteiger partial charge on any atom is 0.329 e. The fourth-order valence-electron chi connectivity index (χ4n) is 1.67. The van der Waals surface area contributed by atoms with Crippen LogP contribution in [0.1, 0.15) is 11.3 Å². The van der Waals surface area contributed by atoms with Crippen molar-refractivity contribution in [2.75, 3.05) is 0 Å². The normalized spacial score (nSPS) is 10.8. The third-order valence-corrected chi connectivity index (χ3v) is 3.10. The smallest absolute Gasteiger partial charge is 0.297 e. The van der Waals surface area contributed by atoms with Crippen molar-refractivity contribution in [3.05, 3.63) is 49.5 Å². The summed E-state index contributed by atoms with van der Waals surface area (Å²) < 4.78 is 2.81. The summed E-state index contributed by atoms with van der Waals surface area (Å²) in [4.78, 5) is 25.9. The van der Waals surface area contributed by atoms with E-state index in [1.165, 1.54) is 0 Å². The van der Waals surface area contributed by atoms with E-state index >= 15 is 0 Å². The molecule has 0 saturated heterocycles. The Kier molecular flexibility index (Phi) is 3.38. The largest absolute Gasteiger partial charge is 0.329 e. The van der Waals surface area contributed by atoms with Crippen LogP contribution in [0.25, 0.3) is 0 Å². The highest BCUT2D eigenvalue weighted by Gasteiger charge is 2.09. The fraction of sp³-hybridized carbons (Fsp3) is 0.364. The minimum atomic E-state index is -0.494. The molecule has 18 heavy (non-hydrogen) atoms. The zero-order valence-corrected chi connectivity index (χ0v) is 10.9. The SMILES string of the molecule is Cc1c(Cl)[nH]c(=O)n(CCc2ccn(C)n2)c1=O. The van der Waals surface area contributed by atoms with Crippen LogP contribution in [0.15, 0.2) is 21.9 Å². The van der Waals surface area contributed by atoms with Gasteiger partial charge in [-0.2, -0.15) is 5.10 Å². The molecule has 2 heterocycles. The lowest BCUT2D eigenvalue weighted by Gasteiger charge is -2.05. The minimum Gasteiger partial charge on any atom is -0.297 e. The van der Waals surface area contributed by atoms with Gasteiger partial charge < -0.3 is 0 Å². The van der Waals surface area contributed by atoms with Gasteiger partial charge in [0.05, 0.1) is 5.69 Å². The van der Waals surface area contributed by atoms with Crippen molar-refractivity contribution in [1.29, 1.82) is 0 Å². The second-order valence-corrected chi connectivity index (χ2v) is 4.43. The molecule has 0 unspecified atom stereocenters. The van der Waals surface area contributed by atoms with E-state index in [1.807, 2.05) is 19.3 Å². The topological polar surface area (TPSA) is 72.7 Å². The second-order valence-electron chi connectivity index (χ2n) is 4.06. The van der Waals surface area contributed by atoms with Gasteiger partial charge in [-0.3, -0.25) is 19.0 Å². The van der Waals surface area contributed by atoms with Crippen molar-refractivity contribution >= 4 is 11.6 Å². The Bertz CT molecular complexity index is 683. The van der Waals surface area contributed by atoms with E-state index in [0.717, 1.165) is 10.3 Å². The first kappa shape index (κ1) is 12.6. The van der Waals surface area contributed by atoms with Crippen LogP contribution in [0.5, 0.6) is 0 Å². The molecule has 0 aromatic carbocycles. The molecule has 2 aromatic rings. The Morgan fingerprint density at radius 1 is 1.44 bits per heavy atom. The number of H-pyrrole nitrogens is 1. The number of aryl methyl sites for hydroxylation is 2. The van der Waals surface area contributed by atoms with E-state index in [2.05, 4.69) is 10.1 Å². The first-order valence-corrected chi connectivity index (χ1v) is 5.84. The van der Waals surface area contributed by atoms with E-state index in [-0.39, 0.29) is 17.3 Å². The molecular formula is C11H13ClN4O2. The molecule has 1 N–H and O–H groups in total. The van der Waals surface area contributed by atoms with Gasteiger partial charge in [0.15, 0.2) is 0 Å². The molecule has 6 nitrogen and oxygen atoms in total. The highest BCUT2D eigenvalue weighted by molar-refractivity contribution is 6.30. The lowest BCUT2D eigenvalue weighted by atomic mass is 10.3. The fourth-order valence-corrected chi connectivity index (χ4v) is 1.83. The van der Waals surface area contributed by atoms with E-state index in [9.17, 15) is 9.59 Å². The molecule has 2 rings (SSSR count). The highest BCUT2D eigenvalue weighted by Crippen LogP contribution is 2.03. The van der Waals surface area contributed by atoms with Gasteiger partial charge in [0, 0.05) is 31.8 Å². The molecule has 0 radical (unpaired) electrons. The van der Waals surface area contributed by atoms with E-state index < -0.39 is 5.69 Å². The molecule has 96 valence electrons. The lowest BCUT2D eigenvalue weighted by molar-refractivity contribution is 0.609. The van der Waals surface area contributed by atoms with Gasteiger partial charge >= 0.3 is 5.69 Å². The van der Waals surface area contributed by atoms with Crippen LogP contribution in [0.2, 0.25) is 5.15 Å². The zero-order valence-electron chi connectivity index (χ0n) is 10.1. The Balaban J connectivity index is 2.28. The Morgan fingerprint density at radius 3 is 2.78 bits per heavy atom. The molecule has 0 atom stereocenters. The van der Waals surface area contributed by atoms with Crippen molar-refractivity contribution in [2.45, 2.75) is 19.9 Å². The monoisotopic (exact) mass is 268 g/mol. The standard InChI is InChI=1S/C11H13ClN4O2/c1-7-9(12)13-11(18)16(10(7)17)6-4-8-3-5-15(2)14-8/h3,5H,4,6H2,1-2H3,(H,13,18). The van der Waals surface area contributed by atoms with Gasteiger partial charge in [-0.25, -0.2) is 4.79 Å². The summed E-state index contributed by atoms with van der Waals surface area (Å²) >= 11 is 5.73. The molecule has 0 aliphatic carbocycles. The van der Waals surface area contributed by atoms with Crippen LogP contribution in [0.3, 0.4) is 0 Å². The average molecular weight is 269 g/mol. The number of hydrogen-bond acceptors (Lipinski definition) is 3. The molecule has 0 amide bonds. The Morgan fingerprint density at radius 2 is 2.17 bits per heavy atom. The van der Waals surface area contributed by atoms with Gasteiger partial charge in [-0.15, -0.1) is 0 Å². The molecular weight excluding hydrogens is 256 g/mol. The summed E-state index contributed by atoms with van der Waals surface area (Å²) in [5.74, 6) is 0. The van der Waals surface area contributed by atoms with Crippen molar-refractivity contribution < 1.29 is 0 Å². The van der Waals surface area contributed by atoms with Crippen LogP contribution < -0.4 is 11.2 Å². The lowest BCUT2D eigenvalue weighted by Crippen LogP contribution is -2.37. The van der Waals surface area contributed by atoms with E-state index in [4.69, 9.17) is 11.6 Å². The average Bonchev–Trinajstić information content (AvgIpc) is 2.72. The Hall–Kier alpha value is -1.82. The summed E-state index contributed by atoms with van der Waals surface area (Å²) in [6, 6.07) is 1.85. The van der Waals surface area contributed by atoms with Crippen LogP contribution in [-0.4, -0.2) is 19.3 Å². The van der Waals surface area contributed by atoms with Crippen molar-refractivity contribution in [3.63, 3.8) is 0 Å². The number of rotatable bonds is 3. The van der Waals surface area contributed by atoms with Crippen molar-refractivity contribution in [3.8, 4) is 0 Å². The van der Waals surface area contributed by atoms with Crippen molar-refractivity contribution in [1.82, 2.24) is 19.3 Å². The summed E-state index contributed by atoms with van der Waals surface area (Å²) in [5, 5.41) is 4.28. The number of hydrogen-bond donors (Lipinski definition) is 1. The van der Waals surface area contributed by atoms with Crippen LogP contribution >= 0.6 is 11.6 Å². The van der Waals surface area contributed by atoms with Gasteiger partial charge in [0.2, 0.25) is 0 Å². The van der Waals surface area contributed by atoms with Gasteiger partial charge in [0.25, 0.3) is 5.56 Å². The first-order valence-electron chi connectivity index (χ1n) is 5.47. The summed E-state index contributed by atoms with van der Waals surface area (Å²) in [6.45, 7) is 1.86. The molecule has 0 aliphatic rings. The third-order valence-electron chi connectivity index (χ3n) is 2.72. The molecule has 0 aliphatic heterocycles. The van der Waals surface area contributed by atoms with E-state index in [0.29, 0.717) is 12.0 Å². The highest BCUT2D eigenvalue weighted by atomic mass is 35.5. The molecule has 0 spiro atoms. The molecule has 2 aromatic heterocycles. The summed E-state index contributed by atoms with van der Waals surface area (Å²) in [5.41, 5.74) is 0.319. The van der Waals surface area contributed by atoms with Crippen LogP contribution in [-0.2, 0) is 20.0 Å². The van der Waals surface area contributed by atoms with Gasteiger partial charge in [0.1, 0.15) is 5.15 Å². The second kappa shape index (κ2) is 4.81. The van der Waals surface area contributed by atoms with Gasteiger partial charge in [-0.1, -0.05) is 11.6 Å². The predicted octanol–water partition coefficient (Wildman–Crippen LogP) is 0.475. The maximum absolute atomic E-state index is 11.9. The zero-order chi connectivity index (χ0) is 13.3. The quantitative estimate of drug-likeness (QED) is 0.823. The minimum absolute atomic E-state index is 0.0964. The first-order chi connectivity index (χ1) is 8.49. The van der Waals surface area contributed by atoms with Crippen LogP contribution in [0, 0.1) is 6.92 Å². The number of aromatic amines is 1. The van der Waals surface area contributed by atoms with Crippen LogP contribution in [0.4, 0.5) is 0 Å². The van der Waals surface area contributed by atoms with E-state index in [1.54, 1.807) is 11.6 Å². The molecule has 0 bridgehead atoms. The number of aromatic nitrogens is 4. The summed E-state index contributed by atoms with van der Waals surface area (Å²) in [7, 11) is 1.81. The van der Waals surface area contributed by atoms with Crippen molar-refractivity contribution in [2.24, 2.45) is 7.05 Å². The maximum atomic E-state index is 11.9.